The maximum atomic E-state index is 13.1. The average Bonchev–Trinajstić information content (AvgIpc) is 2.09. The van der Waals surface area contributed by atoms with E-state index >= 15 is 0 Å². The molecule has 1 rings (SSSR count). The van der Waals surface area contributed by atoms with Crippen LogP contribution >= 0.6 is 0 Å². The molecule has 0 saturated heterocycles. The van der Waals surface area contributed by atoms with Crippen molar-refractivity contribution in [2.45, 2.75) is 13.3 Å². The third-order valence-corrected chi connectivity index (χ3v) is 1.52. The molecule has 0 atom stereocenters. The van der Waals surface area contributed by atoms with Crippen LogP contribution in [0, 0.1) is 35.9 Å². The summed E-state index contributed by atoms with van der Waals surface area (Å²) in [6.45, 7) is 1.82. The van der Waals surface area contributed by atoms with E-state index in [0.29, 0.717) is 5.56 Å². The normalized spacial score (nSPS) is 8.38. The van der Waals surface area contributed by atoms with E-state index in [1.165, 1.54) is 6.07 Å². The van der Waals surface area contributed by atoms with Crippen molar-refractivity contribution in [1.82, 2.24) is 0 Å². The molecule has 0 spiro atoms. The highest BCUT2D eigenvalue weighted by Crippen LogP contribution is 2.07. The summed E-state index contributed by atoms with van der Waals surface area (Å²) in [6, 6.07) is 6.71. The summed E-state index contributed by atoms with van der Waals surface area (Å²) in [4.78, 5) is 0. The Balaban J connectivity index is 2.93. The summed E-state index contributed by atoms with van der Waals surface area (Å²) in [5.41, 5.74) is 1.21. The standard InChI is InChI=1S/C11H8FN/c1-9-5-6-10(11(12)8-9)4-2-3-7-13/h5-6,8H,3H2,1H3. The van der Waals surface area contributed by atoms with Gasteiger partial charge in [0.05, 0.1) is 18.1 Å². The van der Waals surface area contributed by atoms with Crippen molar-refractivity contribution in [3.63, 3.8) is 0 Å². The number of hydrogen-bond acceptors (Lipinski definition) is 1. The van der Waals surface area contributed by atoms with E-state index in [9.17, 15) is 4.39 Å². The van der Waals surface area contributed by atoms with Crippen LogP contribution in [0.2, 0.25) is 0 Å². The SMILES string of the molecule is Cc1ccc(C#CCC#N)c(F)c1. The zero-order valence-electron chi connectivity index (χ0n) is 7.26. The zero-order valence-corrected chi connectivity index (χ0v) is 7.26. The number of nitriles is 1. The van der Waals surface area contributed by atoms with Gasteiger partial charge in [-0.25, -0.2) is 4.39 Å². The topological polar surface area (TPSA) is 23.8 Å². The molecule has 0 saturated carbocycles. The number of nitrogens with zero attached hydrogens (tertiary/aromatic N) is 1. The molecule has 0 radical (unpaired) electrons. The van der Waals surface area contributed by atoms with Gasteiger partial charge in [0.15, 0.2) is 0 Å². The summed E-state index contributed by atoms with van der Waals surface area (Å²) < 4.78 is 13.1. The van der Waals surface area contributed by atoms with Crippen LogP contribution in [-0.4, -0.2) is 0 Å². The van der Waals surface area contributed by atoms with Crippen LogP contribution in [-0.2, 0) is 0 Å². The molecular formula is C11H8FN. The molecule has 0 aliphatic heterocycles. The van der Waals surface area contributed by atoms with Gasteiger partial charge in [-0.15, -0.1) is 0 Å². The second-order valence-corrected chi connectivity index (χ2v) is 2.62. The molecule has 0 aliphatic rings. The van der Waals surface area contributed by atoms with Gasteiger partial charge < -0.3 is 0 Å². The van der Waals surface area contributed by atoms with Crippen LogP contribution in [0.3, 0.4) is 0 Å². The number of aryl methyl sites for hydroxylation is 1. The van der Waals surface area contributed by atoms with Crippen LogP contribution in [0.1, 0.15) is 17.5 Å². The quantitative estimate of drug-likeness (QED) is 0.552. The lowest BCUT2D eigenvalue weighted by molar-refractivity contribution is 0.623. The molecule has 0 unspecified atom stereocenters. The Hall–Kier alpha value is -1.80. The molecular weight excluding hydrogens is 165 g/mol. The van der Waals surface area contributed by atoms with Crippen molar-refractivity contribution in [1.29, 1.82) is 5.26 Å². The van der Waals surface area contributed by atoms with E-state index in [0.717, 1.165) is 5.56 Å². The van der Waals surface area contributed by atoms with E-state index in [-0.39, 0.29) is 12.2 Å². The van der Waals surface area contributed by atoms with Gasteiger partial charge in [0.2, 0.25) is 0 Å². The molecule has 0 aromatic heterocycles. The van der Waals surface area contributed by atoms with Gasteiger partial charge in [0.25, 0.3) is 0 Å². The number of hydrogen-bond donors (Lipinski definition) is 0. The fourth-order valence-corrected chi connectivity index (χ4v) is 0.900. The molecule has 0 bridgehead atoms. The van der Waals surface area contributed by atoms with Crippen LogP contribution in [0.5, 0.6) is 0 Å². The molecule has 1 nitrogen and oxygen atoms in total. The van der Waals surface area contributed by atoms with Crippen molar-refractivity contribution in [3.8, 4) is 17.9 Å². The average molecular weight is 173 g/mol. The minimum atomic E-state index is -0.328. The highest BCUT2D eigenvalue weighted by atomic mass is 19.1. The molecule has 0 aliphatic carbocycles. The molecule has 0 amide bonds. The highest BCUT2D eigenvalue weighted by molar-refractivity contribution is 5.37. The Labute approximate surface area is 76.8 Å². The monoisotopic (exact) mass is 173 g/mol. The fraction of sp³-hybridized carbons (Fsp3) is 0.182. The fourth-order valence-electron chi connectivity index (χ4n) is 0.900. The van der Waals surface area contributed by atoms with Gasteiger partial charge in [-0.1, -0.05) is 17.9 Å². The molecule has 13 heavy (non-hydrogen) atoms. The lowest BCUT2D eigenvalue weighted by Crippen LogP contribution is -1.84. The second kappa shape index (κ2) is 4.28. The molecule has 1 aromatic rings. The van der Waals surface area contributed by atoms with Crippen molar-refractivity contribution >= 4 is 0 Å². The van der Waals surface area contributed by atoms with Gasteiger partial charge in [0, 0.05) is 0 Å². The summed E-state index contributed by atoms with van der Waals surface area (Å²) in [7, 11) is 0. The molecule has 0 N–H and O–H groups in total. The Morgan fingerprint density at radius 3 is 2.85 bits per heavy atom. The number of halogens is 1. The van der Waals surface area contributed by atoms with Crippen LogP contribution in [0.25, 0.3) is 0 Å². The van der Waals surface area contributed by atoms with E-state index < -0.39 is 0 Å². The molecule has 1 aromatic carbocycles. The van der Waals surface area contributed by atoms with Crippen molar-refractivity contribution in [3.05, 3.63) is 35.1 Å². The van der Waals surface area contributed by atoms with Crippen LogP contribution in [0.4, 0.5) is 4.39 Å². The van der Waals surface area contributed by atoms with Crippen molar-refractivity contribution in [2.24, 2.45) is 0 Å². The van der Waals surface area contributed by atoms with Gasteiger partial charge in [-0.05, 0) is 24.6 Å². The Morgan fingerprint density at radius 1 is 1.46 bits per heavy atom. The van der Waals surface area contributed by atoms with Crippen molar-refractivity contribution < 1.29 is 4.39 Å². The maximum Gasteiger partial charge on any atom is 0.139 e. The summed E-state index contributed by atoms with van der Waals surface area (Å²) in [5.74, 6) is 4.83. The molecule has 2 heteroatoms. The number of benzene rings is 1. The maximum absolute atomic E-state index is 13.1. The largest absolute Gasteiger partial charge is 0.206 e. The summed E-state index contributed by atoms with van der Waals surface area (Å²) >= 11 is 0. The Bertz CT molecular complexity index is 404. The predicted molar refractivity (Wildman–Crippen MR) is 48.2 cm³/mol. The van der Waals surface area contributed by atoms with Crippen LogP contribution in [0.15, 0.2) is 18.2 Å². The van der Waals surface area contributed by atoms with Crippen molar-refractivity contribution in [2.75, 3.05) is 0 Å². The van der Waals surface area contributed by atoms with Crippen LogP contribution < -0.4 is 0 Å². The first-order valence-corrected chi connectivity index (χ1v) is 3.86. The van der Waals surface area contributed by atoms with Gasteiger partial charge in [-0.2, -0.15) is 5.26 Å². The number of rotatable bonds is 0. The van der Waals surface area contributed by atoms with E-state index in [1.807, 2.05) is 13.0 Å². The molecule has 0 heterocycles. The Morgan fingerprint density at radius 2 is 2.23 bits per heavy atom. The third-order valence-electron chi connectivity index (χ3n) is 1.52. The molecule has 0 fully saturated rings. The van der Waals surface area contributed by atoms with Gasteiger partial charge in [-0.3, -0.25) is 0 Å². The van der Waals surface area contributed by atoms with Gasteiger partial charge >= 0.3 is 0 Å². The Kier molecular flexibility index (Phi) is 3.06. The van der Waals surface area contributed by atoms with E-state index in [4.69, 9.17) is 5.26 Å². The minimum Gasteiger partial charge on any atom is -0.206 e. The van der Waals surface area contributed by atoms with E-state index in [2.05, 4.69) is 11.8 Å². The zero-order chi connectivity index (χ0) is 9.68. The second-order valence-electron chi connectivity index (χ2n) is 2.62. The smallest absolute Gasteiger partial charge is 0.139 e. The lowest BCUT2D eigenvalue weighted by atomic mass is 10.1. The van der Waals surface area contributed by atoms with Gasteiger partial charge in [0.1, 0.15) is 5.82 Å². The first kappa shape index (κ1) is 9.29. The molecule has 64 valence electrons. The first-order chi connectivity index (χ1) is 6.24. The first-order valence-electron chi connectivity index (χ1n) is 3.86. The summed E-state index contributed by atoms with van der Waals surface area (Å²) in [5, 5.41) is 8.21. The predicted octanol–water partition coefficient (Wildman–Crippen LogP) is 2.40. The highest BCUT2D eigenvalue weighted by Gasteiger charge is 1.97. The minimum absolute atomic E-state index is 0.132. The third kappa shape index (κ3) is 2.61. The summed E-state index contributed by atoms with van der Waals surface area (Å²) in [6.07, 6.45) is 0.132. The van der Waals surface area contributed by atoms with E-state index in [1.54, 1.807) is 12.1 Å². The lowest BCUT2D eigenvalue weighted by Gasteiger charge is -1.94.